The number of aryl methyl sites for hydroxylation is 1. The minimum Gasteiger partial charge on any atom is -0.492 e. The Morgan fingerprint density at radius 1 is 1.39 bits per heavy atom. The molecular formula is C17H22BrNO4. The Morgan fingerprint density at radius 2 is 2.13 bits per heavy atom. The number of rotatable bonds is 5. The zero-order chi connectivity index (χ0) is 17.0. The fourth-order valence-electron chi connectivity index (χ4n) is 2.86. The third-order valence-electron chi connectivity index (χ3n) is 4.02. The van der Waals surface area contributed by atoms with Gasteiger partial charge in [-0.25, -0.2) is 0 Å². The number of halogens is 1. The molecule has 1 amide bonds. The summed E-state index contributed by atoms with van der Waals surface area (Å²) in [6, 6.07) is 5.78. The lowest BCUT2D eigenvalue weighted by atomic mass is 9.90. The van der Waals surface area contributed by atoms with E-state index in [4.69, 9.17) is 9.84 Å². The number of likely N-dealkylation sites (tertiary alicyclic amines) is 1. The van der Waals surface area contributed by atoms with Crippen molar-refractivity contribution in [3.8, 4) is 5.75 Å². The van der Waals surface area contributed by atoms with Crippen LogP contribution >= 0.6 is 15.9 Å². The summed E-state index contributed by atoms with van der Waals surface area (Å²) in [5.41, 5.74) is 1.13. The molecule has 0 saturated carbocycles. The highest BCUT2D eigenvalue weighted by Gasteiger charge is 2.31. The first kappa shape index (κ1) is 17.8. The van der Waals surface area contributed by atoms with Crippen molar-refractivity contribution in [3.05, 3.63) is 28.2 Å². The van der Waals surface area contributed by atoms with Crippen LogP contribution < -0.4 is 4.74 Å². The first-order valence-electron chi connectivity index (χ1n) is 7.76. The fourth-order valence-corrected chi connectivity index (χ4v) is 3.47. The molecule has 1 fully saturated rings. The molecule has 5 nitrogen and oxygen atoms in total. The summed E-state index contributed by atoms with van der Waals surface area (Å²) >= 11 is 3.44. The zero-order valence-electron chi connectivity index (χ0n) is 13.4. The molecule has 1 aromatic carbocycles. The van der Waals surface area contributed by atoms with Gasteiger partial charge in [-0.05, 0) is 52.9 Å². The molecule has 2 atom stereocenters. The minimum absolute atomic E-state index is 0.0500. The van der Waals surface area contributed by atoms with E-state index in [1.54, 1.807) is 4.90 Å². The Hall–Kier alpha value is -1.56. The molecular weight excluding hydrogens is 362 g/mol. The lowest BCUT2D eigenvalue weighted by Crippen LogP contribution is -2.45. The van der Waals surface area contributed by atoms with Crippen molar-refractivity contribution in [2.75, 3.05) is 19.7 Å². The predicted molar refractivity (Wildman–Crippen MR) is 90.5 cm³/mol. The highest BCUT2D eigenvalue weighted by molar-refractivity contribution is 9.10. The average molecular weight is 384 g/mol. The van der Waals surface area contributed by atoms with Crippen LogP contribution in [0, 0.1) is 18.8 Å². The van der Waals surface area contributed by atoms with Crippen molar-refractivity contribution in [1.29, 1.82) is 0 Å². The molecule has 1 heterocycles. The van der Waals surface area contributed by atoms with Gasteiger partial charge in [0, 0.05) is 13.1 Å². The van der Waals surface area contributed by atoms with Crippen molar-refractivity contribution >= 4 is 27.8 Å². The van der Waals surface area contributed by atoms with Gasteiger partial charge in [-0.3, -0.25) is 9.59 Å². The van der Waals surface area contributed by atoms with E-state index in [-0.39, 0.29) is 24.9 Å². The second kappa shape index (κ2) is 7.81. The third-order valence-corrected chi connectivity index (χ3v) is 4.64. The average Bonchev–Trinajstić information content (AvgIpc) is 2.48. The second-order valence-corrected chi connectivity index (χ2v) is 7.06. The van der Waals surface area contributed by atoms with E-state index < -0.39 is 11.9 Å². The number of piperidine rings is 1. The number of carbonyl (C=O) groups is 2. The fraction of sp³-hybridized carbons (Fsp3) is 0.529. The van der Waals surface area contributed by atoms with Crippen LogP contribution in [0.2, 0.25) is 0 Å². The van der Waals surface area contributed by atoms with E-state index in [1.807, 2.05) is 32.0 Å². The Bertz CT molecular complexity index is 590. The van der Waals surface area contributed by atoms with Crippen LogP contribution in [0.1, 0.15) is 25.3 Å². The SMILES string of the molecule is Cc1ccc(OCCC(=O)N2CC(C)CC(C(=O)O)C2)c(Br)c1. The van der Waals surface area contributed by atoms with Gasteiger partial charge in [0.05, 0.1) is 23.4 Å². The predicted octanol–water partition coefficient (Wildman–Crippen LogP) is 3.10. The van der Waals surface area contributed by atoms with Crippen molar-refractivity contribution < 1.29 is 19.4 Å². The summed E-state index contributed by atoms with van der Waals surface area (Å²) in [6.07, 6.45) is 0.880. The van der Waals surface area contributed by atoms with Crippen LogP contribution in [0.15, 0.2) is 22.7 Å². The lowest BCUT2D eigenvalue weighted by Gasteiger charge is -2.34. The number of aliphatic carboxylic acids is 1. The van der Waals surface area contributed by atoms with Crippen LogP contribution in [0.25, 0.3) is 0 Å². The Morgan fingerprint density at radius 3 is 2.78 bits per heavy atom. The summed E-state index contributed by atoms with van der Waals surface area (Å²) in [5, 5.41) is 9.17. The minimum atomic E-state index is -0.825. The molecule has 23 heavy (non-hydrogen) atoms. The molecule has 6 heteroatoms. The quantitative estimate of drug-likeness (QED) is 0.847. The first-order chi connectivity index (χ1) is 10.9. The number of hydrogen-bond acceptors (Lipinski definition) is 3. The number of hydrogen-bond donors (Lipinski definition) is 1. The number of nitrogens with zero attached hydrogens (tertiary/aromatic N) is 1. The second-order valence-electron chi connectivity index (χ2n) is 6.21. The standard InChI is InChI=1S/C17H22BrNO4/c1-11-3-4-15(14(18)8-11)23-6-5-16(20)19-9-12(2)7-13(10-19)17(21)22/h3-4,8,12-13H,5-7,9-10H2,1-2H3,(H,21,22). The number of benzene rings is 1. The van der Waals surface area contributed by atoms with Gasteiger partial charge in [0.25, 0.3) is 0 Å². The molecule has 0 bridgehead atoms. The molecule has 0 radical (unpaired) electrons. The van der Waals surface area contributed by atoms with Gasteiger partial charge in [0.2, 0.25) is 5.91 Å². The Balaban J connectivity index is 1.85. The van der Waals surface area contributed by atoms with E-state index in [2.05, 4.69) is 15.9 Å². The molecule has 0 aliphatic carbocycles. The summed E-state index contributed by atoms with van der Waals surface area (Å²) in [4.78, 5) is 25.1. The Kier molecular flexibility index (Phi) is 6.04. The van der Waals surface area contributed by atoms with Crippen molar-refractivity contribution in [2.45, 2.75) is 26.7 Å². The maximum Gasteiger partial charge on any atom is 0.308 e. The normalized spacial score (nSPS) is 21.1. The van der Waals surface area contributed by atoms with Crippen LogP contribution in [-0.4, -0.2) is 41.6 Å². The number of carboxylic acids is 1. The monoisotopic (exact) mass is 383 g/mol. The van der Waals surface area contributed by atoms with Crippen molar-refractivity contribution in [1.82, 2.24) is 4.90 Å². The maximum atomic E-state index is 12.3. The topological polar surface area (TPSA) is 66.8 Å². The van der Waals surface area contributed by atoms with E-state index in [0.717, 1.165) is 10.0 Å². The number of carboxylic acid groups (broad SMARTS) is 1. The molecule has 2 rings (SSSR count). The summed E-state index contributed by atoms with van der Waals surface area (Å²) in [5.74, 6) is -0.421. The van der Waals surface area contributed by atoms with Gasteiger partial charge >= 0.3 is 5.97 Å². The van der Waals surface area contributed by atoms with Crippen molar-refractivity contribution in [2.24, 2.45) is 11.8 Å². The van der Waals surface area contributed by atoms with Crippen molar-refractivity contribution in [3.63, 3.8) is 0 Å². The molecule has 1 aliphatic rings. The summed E-state index contributed by atoms with van der Waals surface area (Å²) in [7, 11) is 0. The molecule has 126 valence electrons. The maximum absolute atomic E-state index is 12.3. The third kappa shape index (κ3) is 4.96. The van der Waals surface area contributed by atoms with E-state index >= 15 is 0 Å². The van der Waals surface area contributed by atoms with Gasteiger partial charge < -0.3 is 14.7 Å². The van der Waals surface area contributed by atoms with Gasteiger partial charge in [-0.1, -0.05) is 13.0 Å². The molecule has 2 unspecified atom stereocenters. The first-order valence-corrected chi connectivity index (χ1v) is 8.55. The lowest BCUT2D eigenvalue weighted by molar-refractivity contribution is -0.147. The van der Waals surface area contributed by atoms with Gasteiger partial charge in [0.15, 0.2) is 0 Å². The van der Waals surface area contributed by atoms with Crippen LogP contribution in [0.5, 0.6) is 5.75 Å². The number of ether oxygens (including phenoxy) is 1. The summed E-state index contributed by atoms with van der Waals surface area (Å²) < 4.78 is 6.51. The smallest absolute Gasteiger partial charge is 0.308 e. The largest absolute Gasteiger partial charge is 0.492 e. The number of amides is 1. The van der Waals surface area contributed by atoms with Crippen LogP contribution in [0.4, 0.5) is 0 Å². The molecule has 0 spiro atoms. The zero-order valence-corrected chi connectivity index (χ0v) is 15.0. The molecule has 1 aromatic rings. The van der Waals surface area contributed by atoms with E-state index in [9.17, 15) is 9.59 Å². The molecule has 0 aromatic heterocycles. The summed E-state index contributed by atoms with van der Waals surface area (Å²) in [6.45, 7) is 5.18. The van der Waals surface area contributed by atoms with E-state index in [1.165, 1.54) is 0 Å². The van der Waals surface area contributed by atoms with Gasteiger partial charge in [0.1, 0.15) is 5.75 Å². The molecule has 1 N–H and O–H groups in total. The van der Waals surface area contributed by atoms with Gasteiger partial charge in [-0.15, -0.1) is 0 Å². The molecule has 1 saturated heterocycles. The van der Waals surface area contributed by atoms with Gasteiger partial charge in [-0.2, -0.15) is 0 Å². The Labute approximate surface area is 144 Å². The van der Waals surface area contributed by atoms with E-state index in [0.29, 0.717) is 25.3 Å². The van der Waals surface area contributed by atoms with Crippen LogP contribution in [-0.2, 0) is 9.59 Å². The highest BCUT2D eigenvalue weighted by Crippen LogP contribution is 2.26. The van der Waals surface area contributed by atoms with Crippen LogP contribution in [0.3, 0.4) is 0 Å². The number of carbonyl (C=O) groups excluding carboxylic acids is 1. The highest BCUT2D eigenvalue weighted by atomic mass is 79.9. The molecule has 1 aliphatic heterocycles.